The van der Waals surface area contributed by atoms with Gasteiger partial charge in [0.2, 0.25) is 0 Å². The fraction of sp³-hybridized carbons (Fsp3) is 0. The van der Waals surface area contributed by atoms with Gasteiger partial charge in [-0.05, 0) is 93.7 Å². The highest BCUT2D eigenvalue weighted by atomic mass is 32.1. The molecule has 0 aliphatic carbocycles. The molecular formula is C40H25N3OS. The van der Waals surface area contributed by atoms with Crippen LogP contribution >= 0.6 is 11.5 Å². The minimum atomic E-state index is 0.756. The summed E-state index contributed by atoms with van der Waals surface area (Å²) < 4.78 is 11.1. The van der Waals surface area contributed by atoms with Gasteiger partial charge in [-0.3, -0.25) is 0 Å². The highest BCUT2D eigenvalue weighted by molar-refractivity contribution is 7.09. The zero-order chi connectivity index (χ0) is 29.7. The molecule has 0 saturated heterocycles. The molecular weight excluding hydrogens is 571 g/mol. The van der Waals surface area contributed by atoms with Crippen LogP contribution in [0, 0.1) is 0 Å². The number of hydrogen-bond acceptors (Lipinski definition) is 5. The monoisotopic (exact) mass is 595 g/mol. The molecule has 212 valence electrons. The van der Waals surface area contributed by atoms with Crippen LogP contribution in [0.4, 0.5) is 17.1 Å². The van der Waals surface area contributed by atoms with Crippen molar-refractivity contribution in [1.82, 2.24) is 9.36 Å². The molecule has 0 spiro atoms. The third-order valence-corrected chi connectivity index (χ3v) is 9.21. The lowest BCUT2D eigenvalue weighted by Gasteiger charge is -2.25. The second-order valence-corrected chi connectivity index (χ2v) is 11.9. The summed E-state index contributed by atoms with van der Waals surface area (Å²) in [5, 5.41) is 7.94. The number of nitrogens with zero attached hydrogens (tertiary/aromatic N) is 3. The molecule has 4 nitrogen and oxygen atoms in total. The fourth-order valence-electron chi connectivity index (χ4n) is 6.32. The van der Waals surface area contributed by atoms with E-state index in [-0.39, 0.29) is 0 Å². The van der Waals surface area contributed by atoms with E-state index in [1.165, 1.54) is 27.7 Å². The second kappa shape index (κ2) is 10.4. The van der Waals surface area contributed by atoms with Gasteiger partial charge in [-0.1, -0.05) is 84.9 Å². The van der Waals surface area contributed by atoms with Crippen LogP contribution in [0.1, 0.15) is 0 Å². The first-order valence-electron chi connectivity index (χ1n) is 14.9. The van der Waals surface area contributed by atoms with Crippen LogP contribution in [0.3, 0.4) is 0 Å². The van der Waals surface area contributed by atoms with E-state index in [0.717, 1.165) is 66.3 Å². The molecule has 0 amide bonds. The molecule has 0 aliphatic heterocycles. The first kappa shape index (κ1) is 25.7. The van der Waals surface area contributed by atoms with E-state index in [0.29, 0.717) is 0 Å². The molecule has 0 radical (unpaired) electrons. The molecule has 0 N–H and O–H groups in total. The molecule has 0 fully saturated rings. The van der Waals surface area contributed by atoms with Crippen LogP contribution in [-0.4, -0.2) is 9.36 Å². The maximum Gasteiger partial charge on any atom is 0.174 e. The Kier molecular flexibility index (Phi) is 5.96. The lowest BCUT2D eigenvalue weighted by Crippen LogP contribution is -2.09. The molecule has 7 aromatic carbocycles. The largest absolute Gasteiger partial charge is 0.456 e. The van der Waals surface area contributed by atoms with E-state index in [1.54, 1.807) is 0 Å². The average Bonchev–Trinajstić information content (AvgIpc) is 3.74. The molecule has 9 aromatic rings. The van der Waals surface area contributed by atoms with E-state index in [4.69, 9.17) is 13.8 Å². The summed E-state index contributed by atoms with van der Waals surface area (Å²) in [5.74, 6) is 0.756. The van der Waals surface area contributed by atoms with Crippen LogP contribution in [0.2, 0.25) is 0 Å². The number of benzene rings is 7. The fourth-order valence-corrected chi connectivity index (χ4v) is 7.00. The summed E-state index contributed by atoms with van der Waals surface area (Å²) in [5.41, 5.74) is 7.00. The van der Waals surface area contributed by atoms with Gasteiger partial charge in [0.1, 0.15) is 16.2 Å². The van der Waals surface area contributed by atoms with Gasteiger partial charge in [0.05, 0.1) is 0 Å². The number of furan rings is 1. The summed E-state index contributed by atoms with van der Waals surface area (Å²) >= 11 is 1.43. The molecule has 0 unspecified atom stereocenters. The number of para-hydroxylation sites is 2. The van der Waals surface area contributed by atoms with Crippen LogP contribution in [0.15, 0.2) is 156 Å². The number of hydrogen-bond donors (Lipinski definition) is 0. The summed E-state index contributed by atoms with van der Waals surface area (Å²) in [6.07, 6.45) is 0. The van der Waals surface area contributed by atoms with Crippen molar-refractivity contribution in [1.29, 1.82) is 0 Å². The Hall–Kier alpha value is -5.78. The van der Waals surface area contributed by atoms with Crippen LogP contribution in [0.5, 0.6) is 0 Å². The van der Waals surface area contributed by atoms with Gasteiger partial charge < -0.3 is 9.32 Å². The van der Waals surface area contributed by atoms with E-state index in [2.05, 4.69) is 132 Å². The molecule has 45 heavy (non-hydrogen) atoms. The number of fused-ring (bicyclic) bond motifs is 6. The zero-order valence-electron chi connectivity index (χ0n) is 24.1. The third-order valence-electron chi connectivity index (χ3n) is 8.44. The molecule has 5 heteroatoms. The Morgan fingerprint density at radius 3 is 1.98 bits per heavy atom. The van der Waals surface area contributed by atoms with Gasteiger partial charge >= 0.3 is 0 Å². The summed E-state index contributed by atoms with van der Waals surface area (Å²) in [4.78, 5) is 7.29. The zero-order valence-corrected chi connectivity index (χ0v) is 24.9. The quantitative estimate of drug-likeness (QED) is 0.186. The van der Waals surface area contributed by atoms with Gasteiger partial charge in [-0.2, -0.15) is 4.37 Å². The molecule has 9 rings (SSSR count). The smallest absolute Gasteiger partial charge is 0.174 e. The molecule has 2 aromatic heterocycles. The minimum absolute atomic E-state index is 0.756. The molecule has 0 bridgehead atoms. The van der Waals surface area contributed by atoms with Crippen LogP contribution in [-0.2, 0) is 0 Å². The normalized spacial score (nSPS) is 11.6. The summed E-state index contributed by atoms with van der Waals surface area (Å²) in [6.45, 7) is 0. The number of rotatable bonds is 5. The van der Waals surface area contributed by atoms with Gasteiger partial charge in [0.25, 0.3) is 0 Å². The van der Waals surface area contributed by atoms with Gasteiger partial charge in [0.15, 0.2) is 5.82 Å². The topological polar surface area (TPSA) is 42.2 Å². The van der Waals surface area contributed by atoms with Gasteiger partial charge in [0, 0.05) is 45.0 Å². The van der Waals surface area contributed by atoms with Crippen molar-refractivity contribution in [3.63, 3.8) is 0 Å². The first-order valence-corrected chi connectivity index (χ1v) is 15.7. The van der Waals surface area contributed by atoms with Crippen LogP contribution in [0.25, 0.3) is 65.4 Å². The average molecular weight is 596 g/mol. The van der Waals surface area contributed by atoms with E-state index in [1.807, 2.05) is 24.3 Å². The number of anilines is 3. The predicted molar refractivity (Wildman–Crippen MR) is 188 cm³/mol. The predicted octanol–water partition coefficient (Wildman–Crippen LogP) is 11.5. The lowest BCUT2D eigenvalue weighted by atomic mass is 9.97. The Morgan fingerprint density at radius 2 is 1.13 bits per heavy atom. The molecule has 0 atom stereocenters. The Bertz CT molecular complexity index is 2500. The van der Waals surface area contributed by atoms with Crippen LogP contribution < -0.4 is 4.90 Å². The highest BCUT2D eigenvalue weighted by Gasteiger charge is 2.17. The Balaban J connectivity index is 1.10. The van der Waals surface area contributed by atoms with Crippen molar-refractivity contribution in [3.8, 4) is 22.0 Å². The maximum atomic E-state index is 6.24. The molecule has 0 aliphatic rings. The van der Waals surface area contributed by atoms with Gasteiger partial charge in [-0.15, -0.1) is 0 Å². The molecule has 2 heterocycles. The second-order valence-electron chi connectivity index (χ2n) is 11.1. The van der Waals surface area contributed by atoms with Crippen molar-refractivity contribution in [2.24, 2.45) is 0 Å². The van der Waals surface area contributed by atoms with Gasteiger partial charge in [-0.25, -0.2) is 4.98 Å². The SMILES string of the molecule is c1ccc(N(c2ccc(-c3nc(-c4cc5ccccc5c5ccccc45)ns3)cc2)c2ccc3c(c2)oc2ccccc23)cc1. The standard InChI is InChI=1S/C40H25N3OS/c1-2-11-28(12-3-1)43(30-22-23-35-34-16-8-9-17-37(34)44-38(35)25-30)29-20-18-26(19-21-29)40-41-39(42-45-40)36-24-27-10-4-5-13-31(27)32-14-6-7-15-33(32)36/h1-25H. The van der Waals surface area contributed by atoms with E-state index >= 15 is 0 Å². The van der Waals surface area contributed by atoms with Crippen molar-refractivity contribution in [2.45, 2.75) is 0 Å². The lowest BCUT2D eigenvalue weighted by molar-refractivity contribution is 0.669. The third kappa shape index (κ3) is 4.36. The summed E-state index contributed by atoms with van der Waals surface area (Å²) in [7, 11) is 0. The highest BCUT2D eigenvalue weighted by Crippen LogP contribution is 2.40. The Morgan fingerprint density at radius 1 is 0.489 bits per heavy atom. The first-order chi connectivity index (χ1) is 22.3. The summed E-state index contributed by atoms with van der Waals surface area (Å²) in [6, 6.07) is 52.8. The maximum absolute atomic E-state index is 6.24. The Labute approximate surface area is 263 Å². The van der Waals surface area contributed by atoms with E-state index < -0.39 is 0 Å². The van der Waals surface area contributed by atoms with Crippen molar-refractivity contribution in [3.05, 3.63) is 152 Å². The van der Waals surface area contributed by atoms with Crippen molar-refractivity contribution in [2.75, 3.05) is 4.90 Å². The molecule has 0 saturated carbocycles. The van der Waals surface area contributed by atoms with Crippen molar-refractivity contribution >= 4 is 72.1 Å². The van der Waals surface area contributed by atoms with E-state index in [9.17, 15) is 0 Å². The number of aromatic nitrogens is 2. The van der Waals surface area contributed by atoms with Crippen molar-refractivity contribution < 1.29 is 4.42 Å². The minimum Gasteiger partial charge on any atom is -0.456 e.